The molecule has 2 N–H and O–H groups in total. The highest BCUT2D eigenvalue weighted by atomic mass is 16.3. The van der Waals surface area contributed by atoms with E-state index in [1.807, 2.05) is 6.07 Å². The molecule has 1 heterocycles. The highest BCUT2D eigenvalue weighted by Gasteiger charge is 2.54. The van der Waals surface area contributed by atoms with E-state index in [-0.39, 0.29) is 5.41 Å². The number of aromatic hydroxyl groups is 1. The first kappa shape index (κ1) is 11.5. The monoisotopic (exact) mass is 257 g/mol. The number of rotatable bonds is 0. The van der Waals surface area contributed by atoms with Gasteiger partial charge in [0.05, 0.1) is 0 Å². The Morgan fingerprint density at radius 1 is 1.37 bits per heavy atom. The number of piperidine rings is 1. The molecule has 3 aliphatic rings. The fraction of sp³-hybridized carbons (Fsp3) is 0.562. The second kappa shape index (κ2) is 3.83. The highest BCUT2D eigenvalue weighted by molar-refractivity contribution is 5.82. The number of carbonyl (C=O) groups is 1. The van der Waals surface area contributed by atoms with E-state index in [4.69, 9.17) is 0 Å². The molecular weight excluding hydrogens is 238 g/mol. The number of phenols is 1. The van der Waals surface area contributed by atoms with Gasteiger partial charge in [0, 0.05) is 29.9 Å². The Balaban J connectivity index is 1.95. The molecule has 0 amide bonds. The van der Waals surface area contributed by atoms with Gasteiger partial charge in [-0.1, -0.05) is 12.1 Å². The van der Waals surface area contributed by atoms with Crippen molar-refractivity contribution in [3.05, 3.63) is 29.3 Å². The molecule has 3 nitrogen and oxygen atoms in total. The molecule has 2 fully saturated rings. The largest absolute Gasteiger partial charge is 0.508 e. The molecule has 0 radical (unpaired) electrons. The van der Waals surface area contributed by atoms with Crippen molar-refractivity contribution in [1.29, 1.82) is 0 Å². The van der Waals surface area contributed by atoms with Crippen molar-refractivity contribution in [2.45, 2.75) is 43.6 Å². The van der Waals surface area contributed by atoms with E-state index in [1.54, 1.807) is 6.07 Å². The summed E-state index contributed by atoms with van der Waals surface area (Å²) in [6, 6.07) is 6.31. The lowest BCUT2D eigenvalue weighted by molar-refractivity contribution is -0.125. The Bertz CT molecular complexity index is 554. The number of phenolic OH excluding ortho intramolecular Hbond substituents is 1. The maximum atomic E-state index is 12.0. The van der Waals surface area contributed by atoms with E-state index in [1.165, 1.54) is 5.56 Å². The Labute approximate surface area is 113 Å². The fourth-order valence-corrected chi connectivity index (χ4v) is 4.83. The molecule has 4 rings (SSSR count). The second-order valence-corrected chi connectivity index (χ2v) is 6.34. The third kappa shape index (κ3) is 1.45. The summed E-state index contributed by atoms with van der Waals surface area (Å²) in [5.41, 5.74) is 2.23. The summed E-state index contributed by atoms with van der Waals surface area (Å²) < 4.78 is 0. The molecule has 2 aliphatic carbocycles. The topological polar surface area (TPSA) is 49.3 Å². The summed E-state index contributed by atoms with van der Waals surface area (Å²) in [5.74, 6) is 1.28. The fourth-order valence-electron chi connectivity index (χ4n) is 4.83. The number of fused-ring (bicyclic) bond motifs is 1. The van der Waals surface area contributed by atoms with Gasteiger partial charge in [0.15, 0.2) is 0 Å². The molecule has 2 bridgehead atoms. The molecule has 3 heteroatoms. The maximum absolute atomic E-state index is 12.0. The van der Waals surface area contributed by atoms with Crippen LogP contribution >= 0.6 is 0 Å². The van der Waals surface area contributed by atoms with Crippen LogP contribution in [-0.4, -0.2) is 23.5 Å². The third-order valence-electron chi connectivity index (χ3n) is 5.49. The Kier molecular flexibility index (Phi) is 2.31. The number of ketones is 1. The highest BCUT2D eigenvalue weighted by Crippen LogP contribution is 2.55. The predicted octanol–water partition coefficient (Wildman–Crippen LogP) is 1.92. The predicted molar refractivity (Wildman–Crippen MR) is 72.2 cm³/mol. The molecule has 0 aromatic heterocycles. The molecular formula is C16H19NO2. The standard InChI is InChI=1S/C16H19NO2/c18-11-4-5-12-13-8-10-2-1-3-14(19)15(10)16(12,9-11)6-7-17-13/h1-3,12-13,17,19H,4-9H2. The first-order valence-electron chi connectivity index (χ1n) is 7.27. The van der Waals surface area contributed by atoms with E-state index in [0.717, 1.165) is 31.4 Å². The SMILES string of the molecule is O=C1CCC2C3Cc4cccc(O)c4C2(CCN3)C1. The van der Waals surface area contributed by atoms with Crippen LogP contribution in [0.3, 0.4) is 0 Å². The number of benzene rings is 1. The van der Waals surface area contributed by atoms with Gasteiger partial charge in [-0.25, -0.2) is 0 Å². The summed E-state index contributed by atoms with van der Waals surface area (Å²) in [6.07, 6.45) is 4.28. The molecule has 1 saturated carbocycles. The van der Waals surface area contributed by atoms with Crippen LogP contribution in [0, 0.1) is 5.92 Å². The van der Waals surface area contributed by atoms with Crippen LogP contribution in [0.15, 0.2) is 18.2 Å². The van der Waals surface area contributed by atoms with Crippen LogP contribution in [0.1, 0.15) is 36.8 Å². The van der Waals surface area contributed by atoms with Gasteiger partial charge in [-0.05, 0) is 43.4 Å². The zero-order valence-corrected chi connectivity index (χ0v) is 11.0. The van der Waals surface area contributed by atoms with Gasteiger partial charge in [-0.2, -0.15) is 0 Å². The average molecular weight is 257 g/mol. The first-order chi connectivity index (χ1) is 9.21. The Morgan fingerprint density at radius 2 is 2.26 bits per heavy atom. The number of carbonyl (C=O) groups excluding carboxylic acids is 1. The van der Waals surface area contributed by atoms with Gasteiger partial charge >= 0.3 is 0 Å². The van der Waals surface area contributed by atoms with E-state index in [0.29, 0.717) is 36.3 Å². The number of nitrogens with one attached hydrogen (secondary N) is 1. The molecule has 1 saturated heterocycles. The second-order valence-electron chi connectivity index (χ2n) is 6.34. The van der Waals surface area contributed by atoms with E-state index in [2.05, 4.69) is 11.4 Å². The summed E-state index contributed by atoms with van der Waals surface area (Å²) in [6.45, 7) is 0.961. The van der Waals surface area contributed by atoms with Crippen molar-refractivity contribution in [3.63, 3.8) is 0 Å². The van der Waals surface area contributed by atoms with Crippen LogP contribution in [-0.2, 0) is 16.6 Å². The number of hydrogen-bond acceptors (Lipinski definition) is 3. The maximum Gasteiger partial charge on any atom is 0.133 e. The molecule has 3 unspecified atom stereocenters. The van der Waals surface area contributed by atoms with Crippen molar-refractivity contribution < 1.29 is 9.90 Å². The average Bonchev–Trinajstić information content (AvgIpc) is 2.37. The molecule has 100 valence electrons. The summed E-state index contributed by atoms with van der Waals surface area (Å²) in [4.78, 5) is 12.0. The molecule has 3 atom stereocenters. The minimum atomic E-state index is -0.0931. The van der Waals surface area contributed by atoms with Crippen LogP contribution in [0.2, 0.25) is 0 Å². The lowest BCUT2D eigenvalue weighted by Gasteiger charge is -2.55. The van der Waals surface area contributed by atoms with Gasteiger partial charge in [0.1, 0.15) is 11.5 Å². The summed E-state index contributed by atoms with van der Waals surface area (Å²) in [7, 11) is 0. The smallest absolute Gasteiger partial charge is 0.133 e. The van der Waals surface area contributed by atoms with Crippen LogP contribution in [0.4, 0.5) is 0 Å². The quantitative estimate of drug-likeness (QED) is 0.746. The normalized spacial score (nSPS) is 36.5. The Hall–Kier alpha value is -1.35. The van der Waals surface area contributed by atoms with Crippen molar-refractivity contribution in [2.75, 3.05) is 6.54 Å². The molecule has 1 aromatic carbocycles. The number of hydrogen-bond donors (Lipinski definition) is 2. The Morgan fingerprint density at radius 3 is 3.16 bits per heavy atom. The van der Waals surface area contributed by atoms with Crippen LogP contribution < -0.4 is 5.32 Å². The summed E-state index contributed by atoms with van der Waals surface area (Å²) >= 11 is 0. The zero-order chi connectivity index (χ0) is 13.0. The minimum absolute atomic E-state index is 0.0931. The minimum Gasteiger partial charge on any atom is -0.508 e. The molecule has 0 spiro atoms. The van der Waals surface area contributed by atoms with Crippen molar-refractivity contribution in [3.8, 4) is 5.75 Å². The van der Waals surface area contributed by atoms with E-state index < -0.39 is 0 Å². The third-order valence-corrected chi connectivity index (χ3v) is 5.49. The summed E-state index contributed by atoms with van der Waals surface area (Å²) in [5, 5.41) is 14.0. The van der Waals surface area contributed by atoms with Crippen LogP contribution in [0.5, 0.6) is 5.75 Å². The van der Waals surface area contributed by atoms with Crippen molar-refractivity contribution in [1.82, 2.24) is 5.32 Å². The van der Waals surface area contributed by atoms with Gasteiger partial charge in [0.25, 0.3) is 0 Å². The number of Topliss-reactive ketones (excluding diaryl/α,β-unsaturated/α-hetero) is 1. The lowest BCUT2D eigenvalue weighted by atomic mass is 9.52. The van der Waals surface area contributed by atoms with Gasteiger partial charge < -0.3 is 10.4 Å². The van der Waals surface area contributed by atoms with Gasteiger partial charge in [-0.3, -0.25) is 4.79 Å². The van der Waals surface area contributed by atoms with Crippen LogP contribution in [0.25, 0.3) is 0 Å². The van der Waals surface area contributed by atoms with Crippen molar-refractivity contribution >= 4 is 5.78 Å². The molecule has 1 aromatic rings. The lowest BCUT2D eigenvalue weighted by Crippen LogP contribution is -2.60. The van der Waals surface area contributed by atoms with E-state index >= 15 is 0 Å². The van der Waals surface area contributed by atoms with Gasteiger partial charge in [-0.15, -0.1) is 0 Å². The molecule has 1 aliphatic heterocycles. The zero-order valence-electron chi connectivity index (χ0n) is 11.0. The first-order valence-corrected chi connectivity index (χ1v) is 7.27. The van der Waals surface area contributed by atoms with Crippen molar-refractivity contribution in [2.24, 2.45) is 5.92 Å². The van der Waals surface area contributed by atoms with Gasteiger partial charge in [0.2, 0.25) is 0 Å². The molecule has 19 heavy (non-hydrogen) atoms. The van der Waals surface area contributed by atoms with E-state index in [9.17, 15) is 9.90 Å².